The Morgan fingerprint density at radius 1 is 1.33 bits per heavy atom. The van der Waals surface area contributed by atoms with Crippen molar-refractivity contribution >= 4 is 40.6 Å². The van der Waals surface area contributed by atoms with E-state index in [1.54, 1.807) is 30.4 Å². The molecule has 1 aliphatic carbocycles. The van der Waals surface area contributed by atoms with Crippen molar-refractivity contribution in [3.63, 3.8) is 0 Å². The second kappa shape index (κ2) is 7.32. The highest BCUT2D eigenvalue weighted by Crippen LogP contribution is 2.30. The summed E-state index contributed by atoms with van der Waals surface area (Å²) >= 11 is 7.35. The molecule has 0 fully saturated rings. The van der Waals surface area contributed by atoms with Crippen molar-refractivity contribution in [2.45, 2.75) is 38.7 Å². The minimum Gasteiger partial charge on any atom is -0.449 e. The lowest BCUT2D eigenvalue weighted by atomic mass is 9.96. The normalized spacial score (nSPS) is 14.6. The Bertz CT molecular complexity index is 758. The number of aromatic nitrogens is 1. The van der Waals surface area contributed by atoms with E-state index < -0.39 is 18.0 Å². The number of ether oxygens (including phenoxy) is 1. The highest BCUT2D eigenvalue weighted by atomic mass is 35.5. The molecule has 0 aliphatic heterocycles. The number of nitrogens with zero attached hydrogens (tertiary/aromatic N) is 1. The molecule has 2 heterocycles. The number of halogens is 1. The van der Waals surface area contributed by atoms with Gasteiger partial charge in [0.15, 0.2) is 6.10 Å². The van der Waals surface area contributed by atoms with Crippen molar-refractivity contribution < 1.29 is 14.3 Å². The molecule has 0 unspecified atom stereocenters. The van der Waals surface area contributed by atoms with Crippen LogP contribution in [0.5, 0.6) is 0 Å². The second-order valence-corrected chi connectivity index (χ2v) is 7.06. The number of rotatable bonds is 4. The first kappa shape index (κ1) is 16.9. The Morgan fingerprint density at radius 3 is 2.88 bits per heavy atom. The number of hydrogen-bond donors (Lipinski definition) is 1. The van der Waals surface area contributed by atoms with Crippen molar-refractivity contribution in [3.05, 3.63) is 44.7 Å². The average Bonchev–Trinajstić information content (AvgIpc) is 3.01. The van der Waals surface area contributed by atoms with Crippen LogP contribution in [0.25, 0.3) is 0 Å². The minimum absolute atomic E-state index is 0.361. The van der Waals surface area contributed by atoms with Crippen molar-refractivity contribution in [2.24, 2.45) is 0 Å². The van der Waals surface area contributed by atoms with E-state index in [2.05, 4.69) is 10.3 Å². The van der Waals surface area contributed by atoms with Gasteiger partial charge in [-0.2, -0.15) is 0 Å². The maximum atomic E-state index is 12.4. The molecule has 0 bridgehead atoms. The predicted molar refractivity (Wildman–Crippen MR) is 93.7 cm³/mol. The first-order chi connectivity index (χ1) is 11.5. The van der Waals surface area contributed by atoms with Gasteiger partial charge in [-0.15, -0.1) is 11.3 Å². The number of amides is 1. The van der Waals surface area contributed by atoms with E-state index in [4.69, 9.17) is 16.3 Å². The molecule has 3 rings (SSSR count). The topological polar surface area (TPSA) is 68.3 Å². The minimum atomic E-state index is -0.908. The van der Waals surface area contributed by atoms with E-state index >= 15 is 0 Å². The number of aryl methyl sites for hydroxylation is 1. The lowest BCUT2D eigenvalue weighted by Gasteiger charge is -2.15. The smallest absolute Gasteiger partial charge is 0.340 e. The fourth-order valence-corrected chi connectivity index (χ4v) is 3.85. The third-order valence-electron chi connectivity index (χ3n) is 3.91. The van der Waals surface area contributed by atoms with E-state index in [1.165, 1.54) is 11.1 Å². The highest BCUT2D eigenvalue weighted by Gasteiger charge is 2.24. The summed E-state index contributed by atoms with van der Waals surface area (Å²) in [5.74, 6) is -0.511. The standard InChI is InChI=1S/C17H17ClN2O3S/c1-10(16(21)20-15-7-6-11(18)8-19-15)23-17(22)13-9-24-14-5-3-2-4-12(13)14/h6-10H,2-5H2,1H3,(H,19,20,21)/t10-/m0/s1. The van der Waals surface area contributed by atoms with E-state index in [0.29, 0.717) is 16.4 Å². The molecule has 7 heteroatoms. The Kier molecular flexibility index (Phi) is 5.16. The zero-order valence-electron chi connectivity index (χ0n) is 13.2. The molecule has 0 saturated heterocycles. The Balaban J connectivity index is 1.62. The third kappa shape index (κ3) is 3.76. The van der Waals surface area contributed by atoms with Gasteiger partial charge in [0.2, 0.25) is 0 Å². The summed E-state index contributed by atoms with van der Waals surface area (Å²) in [6.07, 6.45) is 4.70. The molecule has 126 valence electrons. The highest BCUT2D eigenvalue weighted by molar-refractivity contribution is 7.10. The second-order valence-electron chi connectivity index (χ2n) is 5.66. The van der Waals surface area contributed by atoms with Crippen LogP contribution in [0.2, 0.25) is 5.02 Å². The summed E-state index contributed by atoms with van der Waals surface area (Å²) in [4.78, 5) is 29.7. The van der Waals surface area contributed by atoms with Crippen LogP contribution < -0.4 is 5.32 Å². The Labute approximate surface area is 149 Å². The molecular weight excluding hydrogens is 348 g/mol. The lowest BCUT2D eigenvalue weighted by molar-refractivity contribution is -0.123. The molecular formula is C17H17ClN2O3S. The van der Waals surface area contributed by atoms with E-state index in [1.807, 2.05) is 5.38 Å². The number of esters is 1. The molecule has 0 aromatic carbocycles. The number of thiophene rings is 1. The summed E-state index contributed by atoms with van der Waals surface area (Å²) in [6, 6.07) is 3.21. The van der Waals surface area contributed by atoms with Crippen molar-refractivity contribution in [1.82, 2.24) is 4.98 Å². The van der Waals surface area contributed by atoms with Gasteiger partial charge in [-0.25, -0.2) is 9.78 Å². The molecule has 1 N–H and O–H groups in total. The molecule has 0 spiro atoms. The maximum absolute atomic E-state index is 12.4. The maximum Gasteiger partial charge on any atom is 0.340 e. The van der Waals surface area contributed by atoms with E-state index in [0.717, 1.165) is 31.2 Å². The van der Waals surface area contributed by atoms with Crippen LogP contribution in [0.3, 0.4) is 0 Å². The average molecular weight is 365 g/mol. The molecule has 2 aromatic rings. The first-order valence-electron chi connectivity index (χ1n) is 7.77. The van der Waals surface area contributed by atoms with Crippen LogP contribution in [-0.2, 0) is 22.4 Å². The third-order valence-corrected chi connectivity index (χ3v) is 5.23. The molecule has 1 atom stereocenters. The van der Waals surface area contributed by atoms with E-state index in [9.17, 15) is 9.59 Å². The fraction of sp³-hybridized carbons (Fsp3) is 0.353. The van der Waals surface area contributed by atoms with Crippen molar-refractivity contribution in [3.8, 4) is 0 Å². The van der Waals surface area contributed by atoms with Crippen LogP contribution in [0.1, 0.15) is 40.6 Å². The molecule has 1 aliphatic rings. The van der Waals surface area contributed by atoms with Gasteiger partial charge in [-0.05, 0) is 50.3 Å². The number of carbonyl (C=O) groups excluding carboxylic acids is 2. The van der Waals surface area contributed by atoms with E-state index in [-0.39, 0.29) is 0 Å². The summed E-state index contributed by atoms with van der Waals surface area (Å²) < 4.78 is 5.32. The SMILES string of the molecule is C[C@H](OC(=O)c1csc2c1CCCC2)C(=O)Nc1ccc(Cl)cn1. The lowest BCUT2D eigenvalue weighted by Crippen LogP contribution is -2.30. The molecule has 0 radical (unpaired) electrons. The Hall–Kier alpha value is -1.92. The zero-order valence-corrected chi connectivity index (χ0v) is 14.7. The summed E-state index contributed by atoms with van der Waals surface area (Å²) in [6.45, 7) is 1.54. The molecule has 5 nitrogen and oxygen atoms in total. The number of nitrogens with one attached hydrogen (secondary N) is 1. The van der Waals surface area contributed by atoms with Gasteiger partial charge in [0.1, 0.15) is 5.82 Å². The summed E-state index contributed by atoms with van der Waals surface area (Å²) in [5, 5.41) is 4.92. The van der Waals surface area contributed by atoms with Crippen molar-refractivity contribution in [2.75, 3.05) is 5.32 Å². The van der Waals surface area contributed by atoms with Gasteiger partial charge >= 0.3 is 5.97 Å². The number of hydrogen-bond acceptors (Lipinski definition) is 5. The van der Waals surface area contributed by atoms with Gasteiger partial charge in [0.05, 0.1) is 10.6 Å². The van der Waals surface area contributed by atoms with Crippen molar-refractivity contribution in [1.29, 1.82) is 0 Å². The van der Waals surface area contributed by atoms with Gasteiger partial charge in [-0.3, -0.25) is 4.79 Å². The molecule has 1 amide bonds. The molecule has 0 saturated carbocycles. The Morgan fingerprint density at radius 2 is 2.12 bits per heavy atom. The van der Waals surface area contributed by atoms with Gasteiger partial charge in [0.25, 0.3) is 5.91 Å². The number of carbonyl (C=O) groups is 2. The van der Waals surface area contributed by atoms with Gasteiger partial charge < -0.3 is 10.1 Å². The largest absolute Gasteiger partial charge is 0.449 e. The van der Waals surface area contributed by atoms with Crippen LogP contribution in [-0.4, -0.2) is 23.0 Å². The quantitative estimate of drug-likeness (QED) is 0.836. The van der Waals surface area contributed by atoms with Gasteiger partial charge in [0, 0.05) is 16.5 Å². The summed E-state index contributed by atoms with van der Waals surface area (Å²) in [5.41, 5.74) is 1.68. The molecule has 24 heavy (non-hydrogen) atoms. The zero-order chi connectivity index (χ0) is 17.1. The first-order valence-corrected chi connectivity index (χ1v) is 9.03. The molecule has 2 aromatic heterocycles. The van der Waals surface area contributed by atoms with Crippen LogP contribution in [0, 0.1) is 0 Å². The monoisotopic (exact) mass is 364 g/mol. The van der Waals surface area contributed by atoms with Crippen LogP contribution in [0.15, 0.2) is 23.7 Å². The van der Waals surface area contributed by atoms with Crippen LogP contribution >= 0.6 is 22.9 Å². The number of fused-ring (bicyclic) bond motifs is 1. The fourth-order valence-electron chi connectivity index (χ4n) is 2.62. The number of anilines is 1. The number of pyridine rings is 1. The predicted octanol–water partition coefficient (Wildman–Crippen LogP) is 3.86. The van der Waals surface area contributed by atoms with Gasteiger partial charge in [-0.1, -0.05) is 11.6 Å². The summed E-state index contributed by atoms with van der Waals surface area (Å²) in [7, 11) is 0. The van der Waals surface area contributed by atoms with Crippen LogP contribution in [0.4, 0.5) is 5.82 Å².